The van der Waals surface area contributed by atoms with E-state index in [0.717, 1.165) is 0 Å². The van der Waals surface area contributed by atoms with Crippen LogP contribution < -0.4 is 0 Å². The summed E-state index contributed by atoms with van der Waals surface area (Å²) in [5.74, 6) is 4.10. The van der Waals surface area contributed by atoms with E-state index in [9.17, 15) is 4.79 Å². The summed E-state index contributed by atoms with van der Waals surface area (Å²) < 4.78 is 53.8. The predicted octanol–water partition coefficient (Wildman–Crippen LogP) is -0.421. The van der Waals surface area contributed by atoms with Gasteiger partial charge in [-0.2, -0.15) is 0 Å². The fourth-order valence-electron chi connectivity index (χ4n) is 0.231. The minimum Gasteiger partial charge on any atom is 0 e. The van der Waals surface area contributed by atoms with Gasteiger partial charge in [0.25, 0.3) is 0 Å². The summed E-state index contributed by atoms with van der Waals surface area (Å²) in [4.78, 5) is 10.2. The van der Waals surface area contributed by atoms with Gasteiger partial charge in [-0.3, -0.25) is 0 Å². The molecule has 0 atom stereocenters. The molecule has 0 spiro atoms. The molecule has 9 nitrogen and oxygen atoms in total. The van der Waals surface area contributed by atoms with Crippen molar-refractivity contribution in [1.29, 1.82) is 0 Å². The SMILES string of the molecule is COCC#CC(=O)OC.[C-]#[O+].[C-]#[O+].[C-]#[O+].[C-]#[O+].[C-]#[O+].[C-]#[O+].[Co].[Co]. The first-order valence-electron chi connectivity index (χ1n) is 3.59. The molecule has 0 rings (SSSR count). The molecule has 0 aliphatic carbocycles. The quantitative estimate of drug-likeness (QED) is 0.188. The fraction of sp³-hybridized carbons (Fsp3) is 0.250. The summed E-state index contributed by atoms with van der Waals surface area (Å²) in [7, 11) is 2.79. The second kappa shape index (κ2) is 186. The van der Waals surface area contributed by atoms with Crippen LogP contribution in [0.4, 0.5) is 0 Å². The molecule has 2 radical (unpaired) electrons. The Kier molecular flexibility index (Phi) is 468. The van der Waals surface area contributed by atoms with Crippen LogP contribution in [0.3, 0.4) is 0 Å². The van der Waals surface area contributed by atoms with E-state index < -0.39 is 5.97 Å². The summed E-state index contributed by atoms with van der Waals surface area (Å²) in [5.41, 5.74) is 0. The van der Waals surface area contributed by atoms with Gasteiger partial charge in [0, 0.05) is 46.6 Å². The van der Waals surface area contributed by atoms with E-state index in [1.165, 1.54) is 14.2 Å². The van der Waals surface area contributed by atoms with Gasteiger partial charge in [0.2, 0.25) is 0 Å². The number of hydrogen-bond donors (Lipinski definition) is 0. The third kappa shape index (κ3) is 235. The molecule has 0 aromatic carbocycles. The van der Waals surface area contributed by atoms with Crippen LogP contribution in [-0.4, -0.2) is 26.8 Å². The zero-order valence-corrected chi connectivity index (χ0v) is 13.6. The van der Waals surface area contributed by atoms with Crippen LogP contribution >= 0.6 is 0 Å². The molecule has 0 unspecified atom stereocenters. The smallest absolute Gasteiger partial charge is 0 e. The molecular formula is C12H8Co2O9. The maximum Gasteiger partial charge on any atom is 0 e. The molecule has 0 saturated heterocycles. The number of esters is 1. The largest absolute Gasteiger partial charge is 0 e. The minimum atomic E-state index is -0.535. The number of ether oxygens (including phenoxy) is 2. The van der Waals surface area contributed by atoms with Crippen molar-refractivity contribution < 1.29 is 75.7 Å². The zero-order valence-electron chi connectivity index (χ0n) is 11.5. The van der Waals surface area contributed by atoms with Crippen LogP contribution in [0.15, 0.2) is 0 Å². The summed E-state index contributed by atoms with van der Waals surface area (Å²) in [6.45, 7) is 27.3. The summed E-state index contributed by atoms with van der Waals surface area (Å²) >= 11 is 0. The Morgan fingerprint density at radius 1 is 0.783 bits per heavy atom. The second-order valence-corrected chi connectivity index (χ2v) is 1.23. The summed E-state index contributed by atoms with van der Waals surface area (Å²) in [5, 5.41) is 0. The van der Waals surface area contributed by atoms with Crippen LogP contribution in [0.1, 0.15) is 0 Å². The first-order valence-corrected chi connectivity index (χ1v) is 3.59. The molecule has 0 N–H and O–H groups in total. The van der Waals surface area contributed by atoms with Gasteiger partial charge < -0.3 is 9.47 Å². The standard InChI is InChI=1S/C6H8O3.6CO.2Co/c1-8-5-3-4-6(7)9-2;6*1-2;;/h5H2,1-2H3;;;;;;;;. The Hall–Kier alpha value is -1.56. The molecule has 23 heavy (non-hydrogen) atoms. The van der Waals surface area contributed by atoms with Crippen molar-refractivity contribution in [3.8, 4) is 11.8 Å². The first kappa shape index (κ1) is 57.9. The monoisotopic (exact) mass is 414 g/mol. The predicted molar refractivity (Wildman–Crippen MR) is 55.2 cm³/mol. The summed E-state index contributed by atoms with van der Waals surface area (Å²) in [6, 6.07) is 0. The maximum absolute atomic E-state index is 10.2. The fourth-order valence-corrected chi connectivity index (χ4v) is 0.231. The van der Waals surface area contributed by atoms with E-state index in [-0.39, 0.29) is 40.2 Å². The van der Waals surface area contributed by atoms with Crippen LogP contribution in [-0.2, 0) is 75.7 Å². The normalized spacial score (nSPS) is 3.39. The number of carbonyl (C=O) groups excluding carboxylic acids is 1. The molecule has 0 saturated carbocycles. The first-order chi connectivity index (χ1) is 10.3. The molecule has 0 fully saturated rings. The summed E-state index contributed by atoms with van der Waals surface area (Å²) in [6.07, 6.45) is 0. The van der Waals surface area contributed by atoms with E-state index in [4.69, 9.17) is 27.9 Å². The Bertz CT molecular complexity index is 309. The second-order valence-electron chi connectivity index (χ2n) is 1.23. The molecule has 11 heteroatoms. The van der Waals surface area contributed by atoms with Gasteiger partial charge in [0.05, 0.1) is 7.11 Å². The molecule has 0 bridgehead atoms. The number of carbonyl (C=O) groups is 1. The van der Waals surface area contributed by atoms with Gasteiger partial charge in [-0.1, -0.05) is 5.92 Å². The van der Waals surface area contributed by atoms with Gasteiger partial charge in [-0.05, 0) is 0 Å². The Morgan fingerprint density at radius 2 is 1.04 bits per heavy atom. The van der Waals surface area contributed by atoms with Crippen LogP contribution in [0.5, 0.6) is 0 Å². The van der Waals surface area contributed by atoms with E-state index in [2.05, 4.69) is 61.2 Å². The van der Waals surface area contributed by atoms with E-state index in [1.54, 1.807) is 0 Å². The van der Waals surface area contributed by atoms with Crippen LogP contribution in [0, 0.1) is 51.7 Å². The molecule has 0 aromatic rings. The Morgan fingerprint density at radius 3 is 1.22 bits per heavy atom. The van der Waals surface area contributed by atoms with Crippen LogP contribution in [0.25, 0.3) is 0 Å². The van der Waals surface area contributed by atoms with Crippen LogP contribution in [0.2, 0.25) is 0 Å². The van der Waals surface area contributed by atoms with Crippen molar-refractivity contribution in [3.05, 3.63) is 39.9 Å². The molecule has 0 heterocycles. The van der Waals surface area contributed by atoms with Crippen molar-refractivity contribution in [3.63, 3.8) is 0 Å². The molecule has 0 aromatic heterocycles. The van der Waals surface area contributed by atoms with E-state index in [1.807, 2.05) is 0 Å². The number of methoxy groups -OCH3 is 2. The number of hydrogen-bond acceptors (Lipinski definition) is 3. The molecule has 0 aliphatic heterocycles. The maximum atomic E-state index is 10.2. The van der Waals surface area contributed by atoms with Gasteiger partial charge in [0.1, 0.15) is 6.61 Å². The minimum absolute atomic E-state index is 0. The van der Waals surface area contributed by atoms with Crippen molar-refractivity contribution in [2.75, 3.05) is 20.8 Å². The Balaban J connectivity index is -0.0000000171. The topological polar surface area (TPSA) is 155 Å². The average Bonchev–Trinajstić information content (AvgIpc) is 2.65. The molecule has 0 aliphatic rings. The van der Waals surface area contributed by atoms with Crippen molar-refractivity contribution in [2.45, 2.75) is 0 Å². The van der Waals surface area contributed by atoms with E-state index in [0.29, 0.717) is 0 Å². The average molecular weight is 414 g/mol. The number of rotatable bonds is 1. The van der Waals surface area contributed by atoms with Crippen molar-refractivity contribution >= 4 is 5.97 Å². The zero-order chi connectivity index (χ0) is 19.1. The van der Waals surface area contributed by atoms with Crippen molar-refractivity contribution in [2.24, 2.45) is 0 Å². The van der Waals surface area contributed by atoms with Crippen molar-refractivity contribution in [1.82, 2.24) is 0 Å². The third-order valence-corrected chi connectivity index (χ3v) is 0.592. The molecule has 128 valence electrons. The van der Waals surface area contributed by atoms with E-state index >= 15 is 0 Å². The Labute approximate surface area is 154 Å². The van der Waals surface area contributed by atoms with Gasteiger partial charge >= 0.3 is 73.8 Å². The van der Waals surface area contributed by atoms with Gasteiger partial charge in [-0.15, -0.1) is 0 Å². The molecular weight excluding hydrogens is 406 g/mol. The van der Waals surface area contributed by atoms with Gasteiger partial charge in [-0.25, -0.2) is 4.79 Å². The third-order valence-electron chi connectivity index (χ3n) is 0.592. The van der Waals surface area contributed by atoms with Gasteiger partial charge in [0.15, 0.2) is 0 Å². The molecule has 0 amide bonds.